The van der Waals surface area contributed by atoms with Crippen molar-refractivity contribution in [2.45, 2.75) is 31.1 Å². The van der Waals surface area contributed by atoms with Crippen LogP contribution in [0, 0.1) is 5.21 Å². The molecule has 5 heteroatoms. The van der Waals surface area contributed by atoms with E-state index in [9.17, 15) is 10.0 Å². The molecule has 3 rings (SSSR count). The average Bonchev–Trinajstić information content (AvgIpc) is 3.04. The first-order valence-corrected chi connectivity index (χ1v) is 8.20. The number of rotatable bonds is 4. The van der Waals surface area contributed by atoms with Gasteiger partial charge in [-0.15, -0.1) is 0 Å². The van der Waals surface area contributed by atoms with E-state index < -0.39 is 0 Å². The maximum absolute atomic E-state index is 12.3. The Kier molecular flexibility index (Phi) is 4.53. The van der Waals surface area contributed by atoms with Gasteiger partial charge in [0, 0.05) is 29.1 Å². The van der Waals surface area contributed by atoms with Crippen LogP contribution in [-0.2, 0) is 5.41 Å². The molecule has 2 aromatic rings. The Labute approximate surface area is 140 Å². The molecular weight excluding hydrogens is 312 g/mol. The van der Waals surface area contributed by atoms with Crippen molar-refractivity contribution in [3.05, 3.63) is 70.1 Å². The lowest BCUT2D eigenvalue weighted by Crippen LogP contribution is -2.39. The smallest absolute Gasteiger partial charge is 0.251 e. The van der Waals surface area contributed by atoms with Crippen molar-refractivity contribution in [1.82, 2.24) is 5.32 Å². The molecule has 0 radical (unpaired) electrons. The lowest BCUT2D eigenvalue weighted by Gasteiger charge is -2.30. The summed E-state index contributed by atoms with van der Waals surface area (Å²) in [6.45, 7) is 0.597. The predicted octanol–water partition coefficient (Wildman–Crippen LogP) is 3.22. The van der Waals surface area contributed by atoms with Crippen molar-refractivity contribution in [1.29, 1.82) is 0 Å². The topological polar surface area (TPSA) is 56.0 Å². The van der Waals surface area contributed by atoms with Gasteiger partial charge in [-0.05, 0) is 30.5 Å². The number of hydrogen-bond acceptors (Lipinski definition) is 2. The van der Waals surface area contributed by atoms with Gasteiger partial charge in [0.1, 0.15) is 0 Å². The standard InChI is InChI=1S/C18H19ClN2O2/c19-16-5-3-15(4-6-16)18(9-1-2-10-18)13-20-17(22)14-7-11-21(23)12-8-14/h3-8,11-12H,1-2,9-10,13H2,(H,20,22). The van der Waals surface area contributed by atoms with Crippen LogP contribution in [-0.4, -0.2) is 12.5 Å². The molecule has 1 amide bonds. The third kappa shape index (κ3) is 3.48. The highest BCUT2D eigenvalue weighted by Crippen LogP contribution is 2.40. The van der Waals surface area contributed by atoms with Gasteiger partial charge in [-0.25, -0.2) is 0 Å². The van der Waals surface area contributed by atoms with Gasteiger partial charge in [0.25, 0.3) is 5.91 Å². The summed E-state index contributed by atoms with van der Waals surface area (Å²) in [5, 5.41) is 14.8. The Balaban J connectivity index is 1.74. The molecule has 0 spiro atoms. The molecule has 1 fully saturated rings. The normalized spacial score (nSPS) is 16.2. The van der Waals surface area contributed by atoms with E-state index in [0.717, 1.165) is 17.9 Å². The van der Waals surface area contributed by atoms with Gasteiger partial charge in [0.2, 0.25) is 0 Å². The Morgan fingerprint density at radius 2 is 1.74 bits per heavy atom. The largest absolute Gasteiger partial charge is 0.619 e. The Morgan fingerprint density at radius 3 is 2.35 bits per heavy atom. The van der Waals surface area contributed by atoms with Crippen molar-refractivity contribution in [2.24, 2.45) is 0 Å². The van der Waals surface area contributed by atoms with Crippen LogP contribution in [0.5, 0.6) is 0 Å². The lowest BCUT2D eigenvalue weighted by atomic mass is 9.79. The van der Waals surface area contributed by atoms with E-state index in [-0.39, 0.29) is 11.3 Å². The zero-order valence-corrected chi connectivity index (χ0v) is 13.6. The molecule has 1 heterocycles. The SMILES string of the molecule is O=C(NCC1(c2ccc(Cl)cc2)CCCC1)c1cc[n+]([O-])cc1. The highest BCUT2D eigenvalue weighted by Gasteiger charge is 2.35. The summed E-state index contributed by atoms with van der Waals surface area (Å²) in [6, 6.07) is 11.0. The summed E-state index contributed by atoms with van der Waals surface area (Å²) in [7, 11) is 0. The number of nitrogens with zero attached hydrogens (tertiary/aromatic N) is 1. The molecule has 0 saturated heterocycles. The quantitative estimate of drug-likeness (QED) is 0.691. The van der Waals surface area contributed by atoms with E-state index in [0.29, 0.717) is 16.8 Å². The third-order valence-corrected chi connectivity index (χ3v) is 4.92. The summed E-state index contributed by atoms with van der Waals surface area (Å²) in [5.41, 5.74) is 1.71. The third-order valence-electron chi connectivity index (χ3n) is 4.67. The van der Waals surface area contributed by atoms with Crippen LogP contribution in [0.25, 0.3) is 0 Å². The van der Waals surface area contributed by atoms with Gasteiger partial charge in [0.15, 0.2) is 12.4 Å². The van der Waals surface area contributed by atoms with Gasteiger partial charge in [-0.3, -0.25) is 4.79 Å². The molecule has 1 saturated carbocycles. The molecule has 4 nitrogen and oxygen atoms in total. The number of carbonyl (C=O) groups excluding carboxylic acids is 1. The van der Waals surface area contributed by atoms with Gasteiger partial charge in [-0.2, -0.15) is 4.73 Å². The number of aromatic nitrogens is 1. The summed E-state index contributed by atoms with van der Waals surface area (Å²) in [4.78, 5) is 12.3. The molecule has 1 aromatic heterocycles. The fraction of sp³-hybridized carbons (Fsp3) is 0.333. The van der Waals surface area contributed by atoms with Gasteiger partial charge >= 0.3 is 0 Å². The van der Waals surface area contributed by atoms with E-state index in [1.54, 1.807) is 0 Å². The molecule has 1 aliphatic rings. The molecule has 120 valence electrons. The molecular formula is C18H19ClN2O2. The molecule has 0 unspecified atom stereocenters. The predicted molar refractivity (Wildman–Crippen MR) is 89.3 cm³/mol. The first-order chi connectivity index (χ1) is 11.1. The van der Waals surface area contributed by atoms with Crippen molar-refractivity contribution < 1.29 is 9.52 Å². The summed E-state index contributed by atoms with van der Waals surface area (Å²) in [6.07, 6.45) is 7.12. The van der Waals surface area contributed by atoms with E-state index in [4.69, 9.17) is 11.6 Å². The van der Waals surface area contributed by atoms with Crippen molar-refractivity contribution in [3.8, 4) is 0 Å². The Morgan fingerprint density at radius 1 is 1.13 bits per heavy atom. The van der Waals surface area contributed by atoms with Crippen LogP contribution in [0.1, 0.15) is 41.6 Å². The highest BCUT2D eigenvalue weighted by molar-refractivity contribution is 6.30. The van der Waals surface area contributed by atoms with Crippen LogP contribution in [0.2, 0.25) is 5.02 Å². The summed E-state index contributed by atoms with van der Waals surface area (Å²) < 4.78 is 0.670. The molecule has 23 heavy (non-hydrogen) atoms. The van der Waals surface area contributed by atoms with Gasteiger partial charge in [0.05, 0.1) is 5.56 Å². The number of pyridine rings is 1. The van der Waals surface area contributed by atoms with E-state index in [1.807, 2.05) is 12.1 Å². The Bertz CT molecular complexity index is 677. The average molecular weight is 331 g/mol. The lowest BCUT2D eigenvalue weighted by molar-refractivity contribution is -0.605. The van der Waals surface area contributed by atoms with Crippen molar-refractivity contribution in [3.63, 3.8) is 0 Å². The van der Waals surface area contributed by atoms with E-state index in [2.05, 4.69) is 17.4 Å². The maximum Gasteiger partial charge on any atom is 0.251 e. The molecule has 0 aliphatic heterocycles. The van der Waals surface area contributed by atoms with E-state index in [1.165, 1.54) is 42.9 Å². The number of halogens is 1. The first kappa shape index (κ1) is 15.8. The monoisotopic (exact) mass is 330 g/mol. The number of hydrogen-bond donors (Lipinski definition) is 1. The number of nitrogens with one attached hydrogen (secondary N) is 1. The van der Waals surface area contributed by atoms with Crippen LogP contribution >= 0.6 is 11.6 Å². The van der Waals surface area contributed by atoms with Crippen LogP contribution in [0.4, 0.5) is 0 Å². The summed E-state index contributed by atoms with van der Waals surface area (Å²) >= 11 is 5.99. The summed E-state index contributed by atoms with van der Waals surface area (Å²) in [5.74, 6) is -0.147. The van der Waals surface area contributed by atoms with E-state index >= 15 is 0 Å². The Hall–Kier alpha value is -2.07. The van der Waals surface area contributed by atoms with Gasteiger partial charge < -0.3 is 10.5 Å². The van der Waals surface area contributed by atoms with Crippen molar-refractivity contribution >= 4 is 17.5 Å². The first-order valence-electron chi connectivity index (χ1n) is 7.82. The molecule has 0 atom stereocenters. The second-order valence-corrected chi connectivity index (χ2v) is 6.56. The maximum atomic E-state index is 12.3. The minimum Gasteiger partial charge on any atom is -0.619 e. The molecule has 1 N–H and O–H groups in total. The fourth-order valence-corrected chi connectivity index (χ4v) is 3.46. The second-order valence-electron chi connectivity index (χ2n) is 6.12. The number of amides is 1. The highest BCUT2D eigenvalue weighted by atomic mass is 35.5. The minimum absolute atomic E-state index is 0.0204. The van der Waals surface area contributed by atoms with Gasteiger partial charge in [-0.1, -0.05) is 36.6 Å². The fourth-order valence-electron chi connectivity index (χ4n) is 3.34. The number of benzene rings is 1. The zero-order chi connectivity index (χ0) is 16.3. The minimum atomic E-state index is -0.147. The second kappa shape index (κ2) is 6.59. The van der Waals surface area contributed by atoms with Crippen LogP contribution < -0.4 is 10.0 Å². The van der Waals surface area contributed by atoms with Crippen LogP contribution in [0.3, 0.4) is 0 Å². The molecule has 0 bridgehead atoms. The zero-order valence-electron chi connectivity index (χ0n) is 12.8. The molecule has 1 aliphatic carbocycles. The number of carbonyl (C=O) groups is 1. The van der Waals surface area contributed by atoms with Crippen LogP contribution in [0.15, 0.2) is 48.8 Å². The molecule has 1 aromatic carbocycles. The van der Waals surface area contributed by atoms with Crippen molar-refractivity contribution in [2.75, 3.05) is 6.54 Å².